The Morgan fingerprint density at radius 1 is 1.06 bits per heavy atom. The van der Waals surface area contributed by atoms with Crippen LogP contribution in [0.3, 0.4) is 0 Å². The first-order valence-corrected chi connectivity index (χ1v) is 11.0. The van der Waals surface area contributed by atoms with E-state index >= 15 is 0 Å². The lowest BCUT2D eigenvalue weighted by atomic mass is 9.93. The van der Waals surface area contributed by atoms with Crippen molar-refractivity contribution in [1.29, 1.82) is 0 Å². The van der Waals surface area contributed by atoms with Crippen LogP contribution >= 0.6 is 0 Å². The van der Waals surface area contributed by atoms with Crippen molar-refractivity contribution in [3.63, 3.8) is 0 Å². The van der Waals surface area contributed by atoms with Gasteiger partial charge in [0, 0.05) is 25.8 Å². The summed E-state index contributed by atoms with van der Waals surface area (Å²) in [5, 5.41) is 11.1. The Morgan fingerprint density at radius 2 is 1.72 bits per heavy atom. The van der Waals surface area contributed by atoms with Crippen molar-refractivity contribution in [1.82, 2.24) is 4.90 Å². The monoisotopic (exact) mass is 437 g/mol. The number of methoxy groups -OCH3 is 1. The van der Waals surface area contributed by atoms with Crippen molar-refractivity contribution in [2.24, 2.45) is 0 Å². The lowest BCUT2D eigenvalue weighted by Crippen LogP contribution is -2.31. The number of ketones is 1. The van der Waals surface area contributed by atoms with Crippen LogP contribution in [0.4, 0.5) is 0 Å². The van der Waals surface area contributed by atoms with Crippen molar-refractivity contribution in [2.45, 2.75) is 39.2 Å². The van der Waals surface area contributed by atoms with E-state index < -0.39 is 17.7 Å². The summed E-state index contributed by atoms with van der Waals surface area (Å²) in [6.45, 7) is 7.47. The highest BCUT2D eigenvalue weighted by Crippen LogP contribution is 2.40. The van der Waals surface area contributed by atoms with Crippen molar-refractivity contribution < 1.29 is 24.2 Å². The third kappa shape index (κ3) is 4.86. The Labute approximate surface area is 189 Å². The van der Waals surface area contributed by atoms with E-state index in [0.717, 1.165) is 11.1 Å². The van der Waals surface area contributed by atoms with E-state index in [9.17, 15) is 14.7 Å². The summed E-state index contributed by atoms with van der Waals surface area (Å²) in [7, 11) is 1.60. The maximum atomic E-state index is 13.0. The first-order valence-electron chi connectivity index (χ1n) is 11.0. The van der Waals surface area contributed by atoms with Crippen molar-refractivity contribution in [2.75, 3.05) is 26.9 Å². The van der Waals surface area contributed by atoms with Gasteiger partial charge in [0.15, 0.2) is 0 Å². The standard InChI is InChI=1S/C26H31NO5/c1-5-32-21-13-11-20(12-14-21)24(28)22-23(19-9-7-18(8-10-19)17(2)3)27(15-6-16-31-4)26(30)25(22)29/h7-14,17,23,28H,5-6,15-16H2,1-4H3. The minimum atomic E-state index is -0.674. The molecule has 6 nitrogen and oxygen atoms in total. The van der Waals surface area contributed by atoms with Crippen LogP contribution in [0.5, 0.6) is 5.75 Å². The zero-order valence-corrected chi connectivity index (χ0v) is 19.1. The quantitative estimate of drug-likeness (QED) is 0.267. The summed E-state index contributed by atoms with van der Waals surface area (Å²) in [4.78, 5) is 27.5. The maximum absolute atomic E-state index is 13.0. The van der Waals surface area contributed by atoms with Crippen LogP contribution in [0, 0.1) is 0 Å². The number of hydrogen-bond acceptors (Lipinski definition) is 5. The predicted octanol–water partition coefficient (Wildman–Crippen LogP) is 4.67. The Morgan fingerprint density at radius 3 is 2.28 bits per heavy atom. The summed E-state index contributed by atoms with van der Waals surface area (Å²) < 4.78 is 10.6. The molecule has 32 heavy (non-hydrogen) atoms. The summed E-state index contributed by atoms with van der Waals surface area (Å²) in [5.74, 6) is -0.428. The van der Waals surface area contributed by atoms with Gasteiger partial charge in [0.2, 0.25) is 0 Å². The second-order valence-electron chi connectivity index (χ2n) is 8.12. The summed E-state index contributed by atoms with van der Waals surface area (Å²) in [5.41, 5.74) is 2.52. The number of hydrogen-bond donors (Lipinski definition) is 1. The molecule has 0 saturated carbocycles. The van der Waals surface area contributed by atoms with E-state index in [-0.39, 0.29) is 11.3 Å². The van der Waals surface area contributed by atoms with E-state index in [1.807, 2.05) is 31.2 Å². The number of likely N-dealkylation sites (tertiary alicyclic amines) is 1. The molecule has 1 atom stereocenters. The molecule has 1 heterocycles. The van der Waals surface area contributed by atoms with Crippen LogP contribution in [-0.4, -0.2) is 48.6 Å². The minimum Gasteiger partial charge on any atom is -0.507 e. The van der Waals surface area contributed by atoms with Gasteiger partial charge in [-0.15, -0.1) is 0 Å². The Hall–Kier alpha value is -3.12. The van der Waals surface area contributed by atoms with Gasteiger partial charge in [-0.25, -0.2) is 0 Å². The number of carbonyl (C=O) groups is 2. The molecule has 1 aliphatic rings. The Bertz CT molecular complexity index is 976. The van der Waals surface area contributed by atoms with Crippen LogP contribution in [0.2, 0.25) is 0 Å². The molecule has 1 fully saturated rings. The summed E-state index contributed by atoms with van der Waals surface area (Å²) in [6, 6.07) is 14.1. The van der Waals surface area contributed by atoms with Gasteiger partial charge in [0.1, 0.15) is 11.5 Å². The van der Waals surface area contributed by atoms with Gasteiger partial charge in [0.25, 0.3) is 11.7 Å². The average molecular weight is 438 g/mol. The molecule has 1 unspecified atom stereocenters. The third-order valence-electron chi connectivity index (χ3n) is 5.65. The molecular formula is C26H31NO5. The fraction of sp³-hybridized carbons (Fsp3) is 0.385. The normalized spacial score (nSPS) is 17.9. The molecule has 1 N–H and O–H groups in total. The molecule has 3 rings (SSSR count). The van der Waals surface area contributed by atoms with Crippen LogP contribution in [-0.2, 0) is 14.3 Å². The fourth-order valence-corrected chi connectivity index (χ4v) is 3.93. The number of ether oxygens (including phenoxy) is 2. The smallest absolute Gasteiger partial charge is 0.295 e. The number of rotatable bonds is 9. The molecule has 1 amide bonds. The highest BCUT2D eigenvalue weighted by atomic mass is 16.5. The largest absolute Gasteiger partial charge is 0.507 e. The second kappa shape index (κ2) is 10.5. The maximum Gasteiger partial charge on any atom is 0.295 e. The van der Waals surface area contributed by atoms with Gasteiger partial charge in [0.05, 0.1) is 18.2 Å². The van der Waals surface area contributed by atoms with E-state index in [4.69, 9.17) is 9.47 Å². The molecule has 0 spiro atoms. The number of nitrogens with zero attached hydrogens (tertiary/aromatic N) is 1. The summed E-state index contributed by atoms with van der Waals surface area (Å²) >= 11 is 0. The van der Waals surface area contributed by atoms with Gasteiger partial charge in [-0.3, -0.25) is 9.59 Å². The van der Waals surface area contributed by atoms with Crippen LogP contribution in [0.1, 0.15) is 55.8 Å². The van der Waals surface area contributed by atoms with E-state index in [0.29, 0.717) is 43.4 Å². The Balaban J connectivity index is 2.06. The van der Waals surface area contributed by atoms with E-state index in [1.54, 1.807) is 31.4 Å². The molecule has 1 aliphatic heterocycles. The van der Waals surface area contributed by atoms with Crippen LogP contribution in [0.15, 0.2) is 54.1 Å². The number of benzene rings is 2. The molecule has 1 saturated heterocycles. The van der Waals surface area contributed by atoms with Gasteiger partial charge < -0.3 is 19.5 Å². The molecule has 0 bridgehead atoms. The van der Waals surface area contributed by atoms with Crippen molar-refractivity contribution >= 4 is 17.4 Å². The Kier molecular flexibility index (Phi) is 7.70. The van der Waals surface area contributed by atoms with Crippen LogP contribution < -0.4 is 4.74 Å². The SMILES string of the molecule is CCOc1ccc(C(O)=C2C(=O)C(=O)N(CCCOC)C2c2ccc(C(C)C)cc2)cc1. The first-order chi connectivity index (χ1) is 15.4. The predicted molar refractivity (Wildman–Crippen MR) is 124 cm³/mol. The van der Waals surface area contributed by atoms with Crippen molar-refractivity contribution in [3.8, 4) is 5.75 Å². The molecule has 170 valence electrons. The number of Topliss-reactive ketones (excluding diaryl/α,β-unsaturated/α-hetero) is 1. The van der Waals surface area contributed by atoms with Crippen LogP contribution in [0.25, 0.3) is 5.76 Å². The van der Waals surface area contributed by atoms with E-state index in [2.05, 4.69) is 13.8 Å². The topological polar surface area (TPSA) is 76.1 Å². The second-order valence-corrected chi connectivity index (χ2v) is 8.12. The molecule has 0 radical (unpaired) electrons. The van der Waals surface area contributed by atoms with Crippen molar-refractivity contribution in [3.05, 3.63) is 70.8 Å². The minimum absolute atomic E-state index is 0.105. The highest BCUT2D eigenvalue weighted by molar-refractivity contribution is 6.46. The summed E-state index contributed by atoms with van der Waals surface area (Å²) in [6.07, 6.45) is 0.590. The fourth-order valence-electron chi connectivity index (χ4n) is 3.93. The third-order valence-corrected chi connectivity index (χ3v) is 5.65. The van der Waals surface area contributed by atoms with Gasteiger partial charge in [-0.1, -0.05) is 38.1 Å². The van der Waals surface area contributed by atoms with Gasteiger partial charge in [-0.05, 0) is 54.7 Å². The molecular weight excluding hydrogens is 406 g/mol. The molecule has 2 aromatic carbocycles. The lowest BCUT2D eigenvalue weighted by molar-refractivity contribution is -0.140. The van der Waals surface area contributed by atoms with E-state index in [1.165, 1.54) is 4.90 Å². The number of aliphatic hydroxyl groups is 1. The first kappa shape index (κ1) is 23.5. The highest BCUT2D eigenvalue weighted by Gasteiger charge is 2.45. The number of amides is 1. The lowest BCUT2D eigenvalue weighted by Gasteiger charge is -2.25. The molecule has 2 aromatic rings. The molecule has 0 aliphatic carbocycles. The van der Waals surface area contributed by atoms with Gasteiger partial charge in [-0.2, -0.15) is 0 Å². The zero-order chi connectivity index (χ0) is 23.3. The average Bonchev–Trinajstić information content (AvgIpc) is 3.04. The van der Waals surface area contributed by atoms with Gasteiger partial charge >= 0.3 is 0 Å². The molecule has 6 heteroatoms. The number of aliphatic hydroxyl groups excluding tert-OH is 1. The number of carbonyl (C=O) groups excluding carboxylic acids is 2. The zero-order valence-electron chi connectivity index (χ0n) is 19.1. The molecule has 0 aromatic heterocycles.